The van der Waals surface area contributed by atoms with Crippen LogP contribution in [0.3, 0.4) is 0 Å². The molecule has 9 heteroatoms. The molecular formula is C33H39FN2O5S. The molecule has 1 unspecified atom stereocenters. The smallest absolute Gasteiger partial charge is 0.290 e. The van der Waals surface area contributed by atoms with Crippen molar-refractivity contribution in [2.45, 2.75) is 85.9 Å². The number of amides is 2. The van der Waals surface area contributed by atoms with Crippen molar-refractivity contribution in [1.82, 2.24) is 5.32 Å². The molecule has 0 spiro atoms. The molecule has 0 radical (unpaired) electrons. The van der Waals surface area contributed by atoms with Crippen molar-refractivity contribution in [3.8, 4) is 23.3 Å². The fourth-order valence-corrected chi connectivity index (χ4v) is 5.92. The maximum atomic E-state index is 14.0. The van der Waals surface area contributed by atoms with Crippen LogP contribution in [0.25, 0.3) is 6.08 Å². The number of hydrogen-bond acceptors (Lipinski definition) is 7. The van der Waals surface area contributed by atoms with Crippen molar-refractivity contribution in [3.63, 3.8) is 0 Å². The molecule has 2 aromatic carbocycles. The Bertz CT molecular complexity index is 1460. The fourth-order valence-electron chi connectivity index (χ4n) is 5.24. The van der Waals surface area contributed by atoms with E-state index < -0.39 is 23.4 Å². The quantitative estimate of drug-likeness (QED) is 0.211. The normalized spacial score (nSPS) is 19.2. The van der Waals surface area contributed by atoms with Crippen LogP contribution < -0.4 is 19.5 Å². The molecule has 0 aromatic heterocycles. The van der Waals surface area contributed by atoms with Crippen molar-refractivity contribution in [1.29, 1.82) is 5.26 Å². The lowest BCUT2D eigenvalue weighted by atomic mass is 9.87. The first-order valence-corrected chi connectivity index (χ1v) is 15.1. The highest BCUT2D eigenvalue weighted by Gasteiger charge is 2.36. The number of benzene rings is 2. The molecule has 0 bridgehead atoms. The highest BCUT2D eigenvalue weighted by molar-refractivity contribution is 8.18. The SMILES string of the molecule is Cc1c(C)c2c(c(C)c1OCCCCC(C)(C)C#N)CCC(C)(COc1ccc(C=C3SC(=O)NC3=O)cc1CF)O2. The van der Waals surface area contributed by atoms with Gasteiger partial charge in [-0.1, -0.05) is 6.07 Å². The Morgan fingerprint density at radius 2 is 1.93 bits per heavy atom. The van der Waals surface area contributed by atoms with Crippen LogP contribution in [-0.2, 0) is 17.9 Å². The highest BCUT2D eigenvalue weighted by atomic mass is 32.2. The summed E-state index contributed by atoms with van der Waals surface area (Å²) in [7, 11) is 0. The van der Waals surface area contributed by atoms with Gasteiger partial charge in [0.15, 0.2) is 0 Å². The van der Waals surface area contributed by atoms with Crippen LogP contribution in [0.2, 0.25) is 0 Å². The van der Waals surface area contributed by atoms with E-state index in [2.05, 4.69) is 25.2 Å². The van der Waals surface area contributed by atoms with E-state index in [9.17, 15) is 19.2 Å². The molecular weight excluding hydrogens is 555 g/mol. The maximum Gasteiger partial charge on any atom is 0.290 e. The summed E-state index contributed by atoms with van der Waals surface area (Å²) in [6, 6.07) is 7.40. The number of ether oxygens (including phenoxy) is 3. The Kier molecular flexibility index (Phi) is 9.56. The van der Waals surface area contributed by atoms with Gasteiger partial charge in [0.05, 0.1) is 23.0 Å². The van der Waals surface area contributed by atoms with Crippen LogP contribution in [0.5, 0.6) is 17.2 Å². The molecule has 2 aromatic rings. The lowest BCUT2D eigenvalue weighted by molar-refractivity contribution is -0.115. The van der Waals surface area contributed by atoms with Gasteiger partial charge in [-0.2, -0.15) is 5.26 Å². The van der Waals surface area contributed by atoms with E-state index in [4.69, 9.17) is 14.2 Å². The number of halogens is 1. The zero-order valence-electron chi connectivity index (χ0n) is 25.2. The predicted molar refractivity (Wildman–Crippen MR) is 163 cm³/mol. The first-order chi connectivity index (χ1) is 19.9. The van der Waals surface area contributed by atoms with Crippen LogP contribution in [0, 0.1) is 37.5 Å². The number of nitrogens with one attached hydrogen (secondary N) is 1. The van der Waals surface area contributed by atoms with Gasteiger partial charge in [-0.25, -0.2) is 4.39 Å². The molecule has 1 N–H and O–H groups in total. The monoisotopic (exact) mass is 594 g/mol. The Morgan fingerprint density at radius 1 is 1.17 bits per heavy atom. The zero-order valence-corrected chi connectivity index (χ0v) is 26.1. The fraction of sp³-hybridized carbons (Fsp3) is 0.485. The van der Waals surface area contributed by atoms with Crippen molar-refractivity contribution in [3.05, 3.63) is 56.5 Å². The second kappa shape index (κ2) is 12.8. The molecule has 4 rings (SSSR count). The number of imide groups is 1. The third-order valence-electron chi connectivity index (χ3n) is 8.01. The van der Waals surface area contributed by atoms with Crippen molar-refractivity contribution in [2.24, 2.45) is 5.41 Å². The van der Waals surface area contributed by atoms with Gasteiger partial charge in [0.25, 0.3) is 11.1 Å². The van der Waals surface area contributed by atoms with E-state index in [-0.39, 0.29) is 16.9 Å². The van der Waals surface area contributed by atoms with E-state index in [0.29, 0.717) is 23.5 Å². The molecule has 42 heavy (non-hydrogen) atoms. The largest absolute Gasteiger partial charge is 0.493 e. The van der Waals surface area contributed by atoms with E-state index in [1.54, 1.807) is 24.3 Å². The van der Waals surface area contributed by atoms with Gasteiger partial charge < -0.3 is 14.2 Å². The summed E-state index contributed by atoms with van der Waals surface area (Å²) in [5.41, 5.74) is 4.37. The van der Waals surface area contributed by atoms with Crippen LogP contribution in [0.1, 0.15) is 79.8 Å². The zero-order chi connectivity index (χ0) is 30.7. The number of nitrogens with zero attached hydrogens (tertiary/aromatic N) is 1. The van der Waals surface area contributed by atoms with E-state index in [0.717, 1.165) is 77.6 Å². The molecule has 2 aliphatic heterocycles. The third kappa shape index (κ3) is 7.09. The summed E-state index contributed by atoms with van der Waals surface area (Å²) in [5, 5.41) is 11.0. The van der Waals surface area contributed by atoms with E-state index >= 15 is 0 Å². The Hall–Kier alpha value is -3.51. The molecule has 2 heterocycles. The van der Waals surface area contributed by atoms with Crippen LogP contribution >= 0.6 is 11.8 Å². The Morgan fingerprint density at radius 3 is 2.60 bits per heavy atom. The minimum Gasteiger partial charge on any atom is -0.493 e. The van der Waals surface area contributed by atoms with Gasteiger partial charge in [0, 0.05) is 11.1 Å². The summed E-state index contributed by atoms with van der Waals surface area (Å²) < 4.78 is 32.9. The molecule has 0 saturated carbocycles. The van der Waals surface area contributed by atoms with E-state index in [1.807, 2.05) is 27.7 Å². The molecule has 2 amide bonds. The minimum absolute atomic E-state index is 0.238. The number of alkyl halides is 1. The minimum atomic E-state index is -0.735. The second-order valence-electron chi connectivity index (χ2n) is 12.0. The number of hydrogen-bond donors (Lipinski definition) is 1. The highest BCUT2D eigenvalue weighted by Crippen LogP contribution is 2.44. The second-order valence-corrected chi connectivity index (χ2v) is 13.0. The average Bonchev–Trinajstić information content (AvgIpc) is 3.28. The average molecular weight is 595 g/mol. The van der Waals surface area contributed by atoms with Crippen LogP contribution in [0.15, 0.2) is 23.1 Å². The summed E-state index contributed by atoms with van der Waals surface area (Å²) in [5.74, 6) is 1.74. The van der Waals surface area contributed by atoms with Gasteiger partial charge in [-0.05, 0) is 126 Å². The summed E-state index contributed by atoms with van der Waals surface area (Å²) in [4.78, 5) is 23.6. The molecule has 224 valence electrons. The standard InChI is InChI=1S/C33H39FN2O5S/c1-20-21(2)29-25(22(3)28(20)39-14-8-7-12-32(4,5)18-35)11-13-33(6,41-29)19-40-26-10-9-23(15-24(26)17-34)16-27-30(37)36-31(38)42-27/h9-10,15-16H,7-8,11-14,17,19H2,1-6H3,(H,36,37,38). The van der Waals surface area contributed by atoms with Gasteiger partial charge in [-0.15, -0.1) is 0 Å². The lowest BCUT2D eigenvalue weighted by Gasteiger charge is -2.38. The van der Waals surface area contributed by atoms with Gasteiger partial charge >= 0.3 is 0 Å². The molecule has 1 saturated heterocycles. The molecule has 2 aliphatic rings. The molecule has 7 nitrogen and oxygen atoms in total. The summed E-state index contributed by atoms with van der Waals surface area (Å²) >= 11 is 0.822. The first kappa shape index (κ1) is 31.4. The van der Waals surface area contributed by atoms with Gasteiger partial charge in [-0.3, -0.25) is 14.9 Å². The lowest BCUT2D eigenvalue weighted by Crippen LogP contribution is -2.42. The number of thioether (sulfide) groups is 1. The van der Waals surface area contributed by atoms with E-state index in [1.165, 1.54) is 0 Å². The molecule has 0 aliphatic carbocycles. The number of rotatable bonds is 11. The Labute approximate surface area is 251 Å². The van der Waals surface area contributed by atoms with Crippen molar-refractivity contribution < 1.29 is 28.2 Å². The third-order valence-corrected chi connectivity index (χ3v) is 8.82. The van der Waals surface area contributed by atoms with Crippen molar-refractivity contribution >= 4 is 29.0 Å². The summed E-state index contributed by atoms with van der Waals surface area (Å²) in [6.45, 7) is 12.2. The molecule has 1 atom stereocenters. The number of fused-ring (bicyclic) bond motifs is 1. The number of nitriles is 1. The number of unbranched alkanes of at least 4 members (excludes halogenated alkanes) is 1. The van der Waals surface area contributed by atoms with Gasteiger partial charge in [0.1, 0.15) is 36.1 Å². The van der Waals surface area contributed by atoms with Crippen LogP contribution in [0.4, 0.5) is 9.18 Å². The number of carbonyl (C=O) groups is 2. The maximum absolute atomic E-state index is 14.0. The first-order valence-electron chi connectivity index (χ1n) is 14.3. The topological polar surface area (TPSA) is 97.6 Å². The van der Waals surface area contributed by atoms with Crippen molar-refractivity contribution in [2.75, 3.05) is 13.2 Å². The Balaban J connectivity index is 1.42. The summed E-state index contributed by atoms with van der Waals surface area (Å²) in [6.07, 6.45) is 5.76. The van der Waals surface area contributed by atoms with Gasteiger partial charge in [0.2, 0.25) is 0 Å². The van der Waals surface area contributed by atoms with Crippen LogP contribution in [-0.4, -0.2) is 30.0 Å². The molecule has 1 fully saturated rings. The predicted octanol–water partition coefficient (Wildman–Crippen LogP) is 7.67. The number of carbonyl (C=O) groups excluding carboxylic acids is 2.